The lowest BCUT2D eigenvalue weighted by Gasteiger charge is -2.15. The van der Waals surface area contributed by atoms with Crippen molar-refractivity contribution in [3.05, 3.63) is 17.7 Å². The van der Waals surface area contributed by atoms with Gasteiger partial charge in [-0.3, -0.25) is 0 Å². The first-order valence-electron chi connectivity index (χ1n) is 5.31. The van der Waals surface area contributed by atoms with Crippen molar-refractivity contribution in [3.63, 3.8) is 0 Å². The summed E-state index contributed by atoms with van der Waals surface area (Å²) < 4.78 is 33.6. The number of hydrogen-bond acceptors (Lipinski definition) is 4. The summed E-state index contributed by atoms with van der Waals surface area (Å²) in [7, 11) is -2.47. The van der Waals surface area contributed by atoms with Gasteiger partial charge in [-0.05, 0) is 25.0 Å². The van der Waals surface area contributed by atoms with Crippen LogP contribution in [0.2, 0.25) is 0 Å². The standard InChI is InChI=1S/C11H17NO4S/c1-4-8-6-7-9(16-5-2)11(10(8)15-3)17(12,13)14/h6-7H,4-5H2,1-3H3,(H2,12,13,14). The van der Waals surface area contributed by atoms with E-state index < -0.39 is 10.0 Å². The summed E-state index contributed by atoms with van der Waals surface area (Å²) >= 11 is 0. The molecule has 0 unspecified atom stereocenters. The molecule has 2 N–H and O–H groups in total. The minimum atomic E-state index is -3.88. The largest absolute Gasteiger partial charge is 0.495 e. The summed E-state index contributed by atoms with van der Waals surface area (Å²) in [5.74, 6) is 0.491. The van der Waals surface area contributed by atoms with Crippen LogP contribution in [0.3, 0.4) is 0 Å². The van der Waals surface area contributed by atoms with E-state index in [4.69, 9.17) is 14.6 Å². The molecule has 17 heavy (non-hydrogen) atoms. The van der Waals surface area contributed by atoms with Crippen molar-refractivity contribution < 1.29 is 17.9 Å². The third-order valence-electron chi connectivity index (χ3n) is 2.33. The van der Waals surface area contributed by atoms with Gasteiger partial charge in [0, 0.05) is 0 Å². The molecule has 6 heteroatoms. The summed E-state index contributed by atoms with van der Waals surface area (Å²) in [4.78, 5) is -0.0822. The second-order valence-corrected chi connectivity index (χ2v) is 4.92. The Labute approximate surface area is 102 Å². The maximum Gasteiger partial charge on any atom is 0.245 e. The number of ether oxygens (including phenoxy) is 2. The zero-order valence-electron chi connectivity index (χ0n) is 10.2. The van der Waals surface area contributed by atoms with E-state index in [1.165, 1.54) is 7.11 Å². The van der Waals surface area contributed by atoms with E-state index in [1.807, 2.05) is 6.92 Å². The van der Waals surface area contributed by atoms with Crippen molar-refractivity contribution in [2.24, 2.45) is 5.14 Å². The molecule has 0 atom stereocenters. The molecule has 1 aromatic rings. The van der Waals surface area contributed by atoms with Crippen molar-refractivity contribution in [1.82, 2.24) is 0 Å². The maximum atomic E-state index is 11.6. The van der Waals surface area contributed by atoms with Crippen LogP contribution >= 0.6 is 0 Å². The molecule has 0 radical (unpaired) electrons. The molecule has 1 rings (SSSR count). The summed E-state index contributed by atoms with van der Waals surface area (Å²) in [5.41, 5.74) is 0.778. The van der Waals surface area contributed by atoms with E-state index in [0.29, 0.717) is 13.0 Å². The molecule has 0 aliphatic heterocycles. The van der Waals surface area contributed by atoms with Gasteiger partial charge in [-0.25, -0.2) is 13.6 Å². The highest BCUT2D eigenvalue weighted by molar-refractivity contribution is 7.89. The minimum Gasteiger partial charge on any atom is -0.495 e. The van der Waals surface area contributed by atoms with Gasteiger partial charge in [0.25, 0.3) is 0 Å². The number of primary sulfonamides is 1. The zero-order chi connectivity index (χ0) is 13.1. The third kappa shape index (κ3) is 2.89. The Morgan fingerprint density at radius 3 is 2.35 bits per heavy atom. The molecule has 1 aromatic carbocycles. The molecular weight excluding hydrogens is 242 g/mol. The van der Waals surface area contributed by atoms with E-state index in [2.05, 4.69) is 0 Å². The Balaban J connectivity index is 3.56. The van der Waals surface area contributed by atoms with E-state index >= 15 is 0 Å². The van der Waals surface area contributed by atoms with Crippen molar-refractivity contribution in [2.45, 2.75) is 25.2 Å². The topological polar surface area (TPSA) is 78.6 Å². The zero-order valence-corrected chi connectivity index (χ0v) is 11.0. The van der Waals surface area contributed by atoms with Crippen molar-refractivity contribution in [2.75, 3.05) is 13.7 Å². The normalized spacial score (nSPS) is 11.3. The lowest BCUT2D eigenvalue weighted by Crippen LogP contribution is -2.16. The van der Waals surface area contributed by atoms with E-state index in [0.717, 1.165) is 5.56 Å². The number of sulfonamides is 1. The maximum absolute atomic E-state index is 11.6. The smallest absolute Gasteiger partial charge is 0.245 e. The average molecular weight is 259 g/mol. The summed E-state index contributed by atoms with van der Waals surface area (Å²) in [6, 6.07) is 3.38. The summed E-state index contributed by atoms with van der Waals surface area (Å²) in [6.45, 7) is 4.04. The van der Waals surface area contributed by atoms with Gasteiger partial charge < -0.3 is 9.47 Å². The average Bonchev–Trinajstić information content (AvgIpc) is 2.27. The predicted octanol–water partition coefficient (Wildman–Crippen LogP) is 1.30. The lowest BCUT2D eigenvalue weighted by molar-refractivity contribution is 0.322. The highest BCUT2D eigenvalue weighted by atomic mass is 32.2. The molecule has 5 nitrogen and oxygen atoms in total. The first-order chi connectivity index (χ1) is 7.95. The fourth-order valence-corrected chi connectivity index (χ4v) is 2.51. The minimum absolute atomic E-state index is 0.0822. The third-order valence-corrected chi connectivity index (χ3v) is 3.28. The molecule has 0 spiro atoms. The Hall–Kier alpha value is -1.27. The van der Waals surface area contributed by atoms with Gasteiger partial charge in [0.1, 0.15) is 11.5 Å². The van der Waals surface area contributed by atoms with Crippen LogP contribution in [0.25, 0.3) is 0 Å². The Morgan fingerprint density at radius 2 is 1.94 bits per heavy atom. The molecule has 0 aliphatic rings. The van der Waals surface area contributed by atoms with Gasteiger partial charge in [0.15, 0.2) is 4.90 Å². The fourth-order valence-electron chi connectivity index (χ4n) is 1.63. The van der Waals surface area contributed by atoms with Crippen LogP contribution in [0, 0.1) is 0 Å². The lowest BCUT2D eigenvalue weighted by atomic mass is 10.1. The number of nitrogens with two attached hydrogens (primary N) is 1. The van der Waals surface area contributed by atoms with Gasteiger partial charge in [0.2, 0.25) is 10.0 Å². The molecule has 0 saturated heterocycles. The van der Waals surface area contributed by atoms with Crippen LogP contribution in [0.5, 0.6) is 11.5 Å². The van der Waals surface area contributed by atoms with Gasteiger partial charge in [0.05, 0.1) is 13.7 Å². The van der Waals surface area contributed by atoms with Crippen molar-refractivity contribution >= 4 is 10.0 Å². The monoisotopic (exact) mass is 259 g/mol. The summed E-state index contributed by atoms with van der Waals surface area (Å²) in [5, 5.41) is 5.20. The van der Waals surface area contributed by atoms with Gasteiger partial charge >= 0.3 is 0 Å². The second kappa shape index (κ2) is 5.37. The number of benzene rings is 1. The highest BCUT2D eigenvalue weighted by Gasteiger charge is 2.23. The number of aryl methyl sites for hydroxylation is 1. The highest BCUT2D eigenvalue weighted by Crippen LogP contribution is 2.35. The molecular formula is C11H17NO4S. The van der Waals surface area contributed by atoms with Crippen LogP contribution in [-0.4, -0.2) is 22.1 Å². The number of hydrogen-bond donors (Lipinski definition) is 1. The quantitative estimate of drug-likeness (QED) is 0.864. The van der Waals surface area contributed by atoms with Gasteiger partial charge in [-0.1, -0.05) is 13.0 Å². The van der Waals surface area contributed by atoms with E-state index in [1.54, 1.807) is 19.1 Å². The molecule has 0 bridgehead atoms. The molecule has 0 saturated carbocycles. The molecule has 0 heterocycles. The first-order valence-corrected chi connectivity index (χ1v) is 6.85. The van der Waals surface area contributed by atoms with Gasteiger partial charge in [-0.2, -0.15) is 0 Å². The second-order valence-electron chi connectivity index (χ2n) is 3.42. The van der Waals surface area contributed by atoms with E-state index in [-0.39, 0.29) is 16.4 Å². The van der Waals surface area contributed by atoms with Crippen molar-refractivity contribution in [1.29, 1.82) is 0 Å². The van der Waals surface area contributed by atoms with Crippen LogP contribution in [-0.2, 0) is 16.4 Å². The van der Waals surface area contributed by atoms with Crippen LogP contribution < -0.4 is 14.6 Å². The van der Waals surface area contributed by atoms with Gasteiger partial charge in [-0.15, -0.1) is 0 Å². The van der Waals surface area contributed by atoms with Crippen LogP contribution in [0.15, 0.2) is 17.0 Å². The Morgan fingerprint density at radius 1 is 1.29 bits per heavy atom. The molecule has 0 aromatic heterocycles. The number of methoxy groups -OCH3 is 1. The van der Waals surface area contributed by atoms with Crippen LogP contribution in [0.4, 0.5) is 0 Å². The SMILES string of the molecule is CCOc1ccc(CC)c(OC)c1S(N)(=O)=O. The molecule has 96 valence electrons. The molecule has 0 amide bonds. The fraction of sp³-hybridized carbons (Fsp3) is 0.455. The Kier molecular flexibility index (Phi) is 4.36. The summed E-state index contributed by atoms with van der Waals surface area (Å²) in [6.07, 6.45) is 0.651. The number of rotatable bonds is 5. The van der Waals surface area contributed by atoms with E-state index in [9.17, 15) is 8.42 Å². The predicted molar refractivity (Wildman–Crippen MR) is 64.9 cm³/mol. The Bertz CT molecular complexity index is 496. The molecule has 0 fully saturated rings. The molecule has 0 aliphatic carbocycles. The first kappa shape index (κ1) is 13.8. The van der Waals surface area contributed by atoms with Crippen LogP contribution in [0.1, 0.15) is 19.4 Å². The van der Waals surface area contributed by atoms with Crippen molar-refractivity contribution in [3.8, 4) is 11.5 Å².